The molecule has 3 rings (SSSR count). The van der Waals surface area contributed by atoms with Crippen molar-refractivity contribution >= 4 is 17.7 Å². The summed E-state index contributed by atoms with van der Waals surface area (Å²) in [7, 11) is 6.40. The molecule has 1 aromatic carbocycles. The SMILES string of the molecule is C[N+](C)(C)CCCC[C@@H]1NC(=O)[C@H]2C[C@@H](C(=O)NCCCCCN)[C@@H](c3cccc(OCCO)c3)N2C1=O. The number of ether oxygens (including phenoxy) is 1. The second kappa shape index (κ2) is 13.9. The first-order valence-corrected chi connectivity index (χ1v) is 13.9. The quantitative estimate of drug-likeness (QED) is 0.196. The van der Waals surface area contributed by atoms with E-state index in [1.54, 1.807) is 17.0 Å². The number of amides is 3. The number of aliphatic hydroxyl groups is 1. The van der Waals surface area contributed by atoms with Gasteiger partial charge in [0, 0.05) is 6.54 Å². The molecule has 2 aliphatic heterocycles. The van der Waals surface area contributed by atoms with Gasteiger partial charge in [-0.3, -0.25) is 14.4 Å². The largest absolute Gasteiger partial charge is 0.491 e. The number of aliphatic hydroxyl groups excluding tert-OH is 1. The van der Waals surface area contributed by atoms with Crippen LogP contribution < -0.4 is 21.1 Å². The van der Waals surface area contributed by atoms with Gasteiger partial charge in [0.25, 0.3) is 0 Å². The Morgan fingerprint density at radius 1 is 1.18 bits per heavy atom. The number of hydrogen-bond acceptors (Lipinski definition) is 6. The summed E-state index contributed by atoms with van der Waals surface area (Å²) in [5.41, 5.74) is 6.32. The van der Waals surface area contributed by atoms with Crippen molar-refractivity contribution in [2.24, 2.45) is 11.7 Å². The Kier molecular flexibility index (Phi) is 10.9. The lowest BCUT2D eigenvalue weighted by Crippen LogP contribution is -2.61. The van der Waals surface area contributed by atoms with Gasteiger partial charge in [0.15, 0.2) is 0 Å². The highest BCUT2D eigenvalue weighted by Gasteiger charge is 2.54. The van der Waals surface area contributed by atoms with Crippen molar-refractivity contribution in [1.29, 1.82) is 0 Å². The van der Waals surface area contributed by atoms with E-state index in [2.05, 4.69) is 31.8 Å². The van der Waals surface area contributed by atoms with Crippen LogP contribution in [0.25, 0.3) is 0 Å². The zero-order chi connectivity index (χ0) is 27.7. The van der Waals surface area contributed by atoms with Crippen molar-refractivity contribution in [2.75, 3.05) is 54.0 Å². The number of carbonyl (C=O) groups excluding carboxylic acids is 3. The number of quaternary nitrogens is 1. The number of rotatable bonds is 15. The first-order valence-electron chi connectivity index (χ1n) is 13.9. The van der Waals surface area contributed by atoms with Crippen molar-refractivity contribution in [1.82, 2.24) is 15.5 Å². The third kappa shape index (κ3) is 7.91. The molecule has 38 heavy (non-hydrogen) atoms. The number of carbonyl (C=O) groups is 3. The van der Waals surface area contributed by atoms with Gasteiger partial charge in [-0.25, -0.2) is 0 Å². The van der Waals surface area contributed by atoms with E-state index in [0.717, 1.165) is 48.7 Å². The van der Waals surface area contributed by atoms with E-state index in [9.17, 15) is 14.4 Å². The van der Waals surface area contributed by atoms with Gasteiger partial charge in [-0.05, 0) is 62.8 Å². The van der Waals surface area contributed by atoms with Crippen LogP contribution in [0.5, 0.6) is 5.75 Å². The molecule has 2 heterocycles. The molecule has 2 saturated heterocycles. The first kappa shape index (κ1) is 29.9. The summed E-state index contributed by atoms with van der Waals surface area (Å²) in [6.45, 7) is 2.16. The maximum Gasteiger partial charge on any atom is 0.246 e. The smallest absolute Gasteiger partial charge is 0.246 e. The number of unbranched alkanes of at least 4 members (excludes halogenated alkanes) is 3. The number of nitrogens with zero attached hydrogens (tertiary/aromatic N) is 2. The van der Waals surface area contributed by atoms with Gasteiger partial charge in [0.1, 0.15) is 24.4 Å². The van der Waals surface area contributed by atoms with Crippen LogP contribution in [0.3, 0.4) is 0 Å². The maximum atomic E-state index is 13.8. The van der Waals surface area contributed by atoms with Gasteiger partial charge < -0.3 is 35.6 Å². The van der Waals surface area contributed by atoms with Crippen molar-refractivity contribution in [3.05, 3.63) is 29.8 Å². The molecule has 0 aromatic heterocycles. The third-order valence-corrected chi connectivity index (χ3v) is 7.31. The second-order valence-electron chi connectivity index (χ2n) is 11.4. The Hall–Kier alpha value is -2.69. The number of nitrogens with one attached hydrogen (secondary N) is 2. The topological polar surface area (TPSA) is 134 Å². The molecule has 4 atom stereocenters. The number of fused-ring (bicyclic) bond motifs is 1. The Balaban J connectivity index is 1.82. The molecular weight excluding hydrogens is 486 g/mol. The molecule has 0 aliphatic carbocycles. The Morgan fingerprint density at radius 2 is 1.97 bits per heavy atom. The zero-order valence-corrected chi connectivity index (χ0v) is 23.2. The summed E-state index contributed by atoms with van der Waals surface area (Å²) in [5.74, 6) is -0.498. The molecule has 0 spiro atoms. The summed E-state index contributed by atoms with van der Waals surface area (Å²) in [5, 5.41) is 15.1. The van der Waals surface area contributed by atoms with Gasteiger partial charge in [-0.1, -0.05) is 18.6 Å². The lowest BCUT2D eigenvalue weighted by molar-refractivity contribution is -0.870. The van der Waals surface area contributed by atoms with E-state index in [-0.39, 0.29) is 37.4 Å². The molecule has 212 valence electrons. The minimum Gasteiger partial charge on any atom is -0.491 e. The van der Waals surface area contributed by atoms with Crippen LogP contribution in [0, 0.1) is 5.92 Å². The molecule has 2 aliphatic rings. The van der Waals surface area contributed by atoms with Crippen LogP contribution in [0.1, 0.15) is 56.6 Å². The number of benzene rings is 1. The fraction of sp³-hybridized carbons (Fsp3) is 0.679. The van der Waals surface area contributed by atoms with Crippen LogP contribution >= 0.6 is 0 Å². The molecule has 10 heteroatoms. The molecule has 0 unspecified atom stereocenters. The van der Waals surface area contributed by atoms with Gasteiger partial charge in [0.05, 0.1) is 46.3 Å². The van der Waals surface area contributed by atoms with Crippen molar-refractivity contribution in [3.8, 4) is 5.75 Å². The predicted molar refractivity (Wildman–Crippen MR) is 145 cm³/mol. The van der Waals surface area contributed by atoms with Gasteiger partial charge in [-0.15, -0.1) is 0 Å². The summed E-state index contributed by atoms with van der Waals surface area (Å²) < 4.78 is 6.45. The molecule has 2 fully saturated rings. The lowest BCUT2D eigenvalue weighted by atomic mass is 9.92. The molecular formula is C28H46N5O5+. The number of piperazine rings is 1. The Bertz CT molecular complexity index is 950. The fourth-order valence-electron chi connectivity index (χ4n) is 5.42. The van der Waals surface area contributed by atoms with Crippen LogP contribution in [0.4, 0.5) is 0 Å². The van der Waals surface area contributed by atoms with Crippen molar-refractivity contribution in [3.63, 3.8) is 0 Å². The summed E-state index contributed by atoms with van der Waals surface area (Å²) in [4.78, 5) is 42.0. The summed E-state index contributed by atoms with van der Waals surface area (Å²) in [6.07, 6.45) is 5.28. The normalized spacial score (nSPS) is 23.2. The summed E-state index contributed by atoms with van der Waals surface area (Å²) in [6, 6.07) is 5.41. The van der Waals surface area contributed by atoms with E-state index in [1.165, 1.54) is 0 Å². The fourth-order valence-corrected chi connectivity index (χ4v) is 5.42. The van der Waals surface area contributed by atoms with E-state index >= 15 is 0 Å². The molecule has 3 amide bonds. The maximum absolute atomic E-state index is 13.8. The van der Waals surface area contributed by atoms with E-state index < -0.39 is 24.0 Å². The highest BCUT2D eigenvalue weighted by Crippen LogP contribution is 2.44. The van der Waals surface area contributed by atoms with Crippen LogP contribution in [-0.2, 0) is 14.4 Å². The van der Waals surface area contributed by atoms with Gasteiger partial charge in [-0.2, -0.15) is 0 Å². The Labute approximate surface area is 226 Å². The van der Waals surface area contributed by atoms with Gasteiger partial charge >= 0.3 is 0 Å². The average molecular weight is 533 g/mol. The zero-order valence-electron chi connectivity index (χ0n) is 23.2. The number of nitrogens with two attached hydrogens (primary N) is 1. The standard InChI is InChI=1S/C28H45N5O5/c1-33(2,3)15-8-5-12-23-28(37)32-24(27(36)31-23)19-22(26(35)30-14-7-4-6-13-29)25(32)20-10-9-11-21(18-20)38-17-16-34/h9-11,18,22-25,34H,4-8,12-17,19,29H2,1-3H3,(H-,30,31,35,36)/p+1/t22-,23+,24-,25-/m1/s1. The van der Waals surface area contributed by atoms with Crippen LogP contribution in [-0.4, -0.2) is 98.3 Å². The molecule has 0 bridgehead atoms. The molecule has 1 aromatic rings. The highest BCUT2D eigenvalue weighted by atomic mass is 16.5. The average Bonchev–Trinajstić information content (AvgIpc) is 3.29. The molecule has 0 radical (unpaired) electrons. The minimum absolute atomic E-state index is 0.120. The first-order chi connectivity index (χ1) is 18.2. The molecule has 0 saturated carbocycles. The minimum atomic E-state index is -0.690. The van der Waals surface area contributed by atoms with Crippen LogP contribution in [0.15, 0.2) is 24.3 Å². The Morgan fingerprint density at radius 3 is 2.68 bits per heavy atom. The summed E-state index contributed by atoms with van der Waals surface area (Å²) >= 11 is 0. The van der Waals surface area contributed by atoms with E-state index in [0.29, 0.717) is 25.3 Å². The monoisotopic (exact) mass is 532 g/mol. The second-order valence-corrected chi connectivity index (χ2v) is 11.4. The van der Waals surface area contributed by atoms with Crippen molar-refractivity contribution < 1.29 is 28.7 Å². The lowest BCUT2D eigenvalue weighted by Gasteiger charge is -2.38. The van der Waals surface area contributed by atoms with Gasteiger partial charge in [0.2, 0.25) is 17.7 Å². The van der Waals surface area contributed by atoms with Crippen LogP contribution in [0.2, 0.25) is 0 Å². The van der Waals surface area contributed by atoms with E-state index in [4.69, 9.17) is 15.6 Å². The molecule has 5 N–H and O–H groups in total. The third-order valence-electron chi connectivity index (χ3n) is 7.31. The molecule has 10 nitrogen and oxygen atoms in total. The van der Waals surface area contributed by atoms with Crippen molar-refractivity contribution in [2.45, 2.75) is 63.1 Å². The van der Waals surface area contributed by atoms with E-state index in [1.807, 2.05) is 12.1 Å². The highest BCUT2D eigenvalue weighted by molar-refractivity contribution is 5.99. The predicted octanol–water partition coefficient (Wildman–Crippen LogP) is 0.936. The number of hydrogen-bond donors (Lipinski definition) is 4.